The molecule has 1 saturated heterocycles. The van der Waals surface area contributed by atoms with Gasteiger partial charge in [-0.25, -0.2) is 0 Å². The first kappa shape index (κ1) is 15.5. The summed E-state index contributed by atoms with van der Waals surface area (Å²) in [6, 6.07) is 1.72. The lowest BCUT2D eigenvalue weighted by molar-refractivity contribution is -0.00281. The van der Waals surface area contributed by atoms with Gasteiger partial charge in [-0.2, -0.15) is 0 Å². The molecule has 1 aromatic heterocycles. The van der Waals surface area contributed by atoms with Crippen LogP contribution in [0.25, 0.3) is 0 Å². The summed E-state index contributed by atoms with van der Waals surface area (Å²) in [4.78, 5) is 15.4. The van der Waals surface area contributed by atoms with Gasteiger partial charge in [0.15, 0.2) is 5.78 Å². The summed E-state index contributed by atoms with van der Waals surface area (Å²) < 4.78 is 5.86. The first-order valence-corrected chi connectivity index (χ1v) is 7.70. The maximum atomic E-state index is 12.3. The molecule has 0 spiro atoms. The van der Waals surface area contributed by atoms with Crippen LogP contribution in [-0.2, 0) is 4.74 Å². The van der Waals surface area contributed by atoms with Crippen molar-refractivity contribution in [3.63, 3.8) is 0 Å². The molecule has 2 heterocycles. The Labute approximate surface area is 125 Å². The van der Waals surface area contributed by atoms with Crippen LogP contribution in [0, 0.1) is 12.8 Å². The summed E-state index contributed by atoms with van der Waals surface area (Å²) in [5, 5.41) is 3.96. The molecule has 0 unspecified atom stereocenters. The summed E-state index contributed by atoms with van der Waals surface area (Å²) in [6.07, 6.45) is 2.64. The third-order valence-electron chi connectivity index (χ3n) is 3.80. The fourth-order valence-electron chi connectivity index (χ4n) is 2.61. The fraction of sp³-hybridized carbons (Fsp3) is 0.667. The van der Waals surface area contributed by atoms with Crippen LogP contribution in [0.15, 0.2) is 6.07 Å². The average Bonchev–Trinajstić information content (AvgIpc) is 2.78. The Morgan fingerprint density at radius 1 is 1.55 bits per heavy atom. The number of aromatic nitrogens is 1. The number of hydrogen-bond acceptors (Lipinski definition) is 3. The molecule has 1 aromatic rings. The van der Waals surface area contributed by atoms with Crippen LogP contribution in [-0.4, -0.2) is 36.6 Å². The minimum Gasteiger partial charge on any atom is -0.377 e. The van der Waals surface area contributed by atoms with E-state index in [1.54, 1.807) is 6.07 Å². The molecule has 1 fully saturated rings. The predicted molar refractivity (Wildman–Crippen MR) is 80.5 cm³/mol. The summed E-state index contributed by atoms with van der Waals surface area (Å²) in [5.41, 5.74) is 1.46. The Morgan fingerprint density at radius 3 is 3.00 bits per heavy atom. The van der Waals surface area contributed by atoms with E-state index in [0.717, 1.165) is 38.2 Å². The van der Waals surface area contributed by atoms with Crippen LogP contribution in [0.3, 0.4) is 0 Å². The highest BCUT2D eigenvalue weighted by atomic mass is 35.5. The van der Waals surface area contributed by atoms with Crippen molar-refractivity contribution in [2.24, 2.45) is 5.92 Å². The molecule has 0 radical (unpaired) electrons. The molecule has 0 aromatic carbocycles. The second kappa shape index (κ2) is 7.25. The summed E-state index contributed by atoms with van der Waals surface area (Å²) in [6.45, 7) is 6.51. The third kappa shape index (κ3) is 3.84. The number of carbonyl (C=O) groups is 1. The van der Waals surface area contributed by atoms with Crippen molar-refractivity contribution < 1.29 is 9.53 Å². The van der Waals surface area contributed by atoms with Gasteiger partial charge in [-0.05, 0) is 38.3 Å². The number of piperidine rings is 1. The van der Waals surface area contributed by atoms with E-state index in [2.05, 4.69) is 17.2 Å². The van der Waals surface area contributed by atoms with E-state index in [9.17, 15) is 4.79 Å². The van der Waals surface area contributed by atoms with Crippen molar-refractivity contribution in [3.05, 3.63) is 22.5 Å². The van der Waals surface area contributed by atoms with Gasteiger partial charge in [0.1, 0.15) is 0 Å². The molecule has 0 amide bonds. The minimum atomic E-state index is 0.122. The van der Waals surface area contributed by atoms with E-state index in [-0.39, 0.29) is 17.8 Å². The normalized spacial score (nSPS) is 22.9. The highest BCUT2D eigenvalue weighted by molar-refractivity contribution is 6.31. The topological polar surface area (TPSA) is 54.1 Å². The zero-order valence-corrected chi connectivity index (χ0v) is 12.9. The van der Waals surface area contributed by atoms with Gasteiger partial charge in [-0.15, -0.1) is 0 Å². The quantitative estimate of drug-likeness (QED) is 0.794. The first-order chi connectivity index (χ1) is 9.61. The number of ether oxygens (including phenoxy) is 1. The van der Waals surface area contributed by atoms with Gasteiger partial charge in [0.25, 0.3) is 0 Å². The molecule has 1 aliphatic rings. The van der Waals surface area contributed by atoms with Crippen LogP contribution < -0.4 is 5.32 Å². The van der Waals surface area contributed by atoms with Gasteiger partial charge in [0, 0.05) is 25.3 Å². The largest absolute Gasteiger partial charge is 0.377 e. The molecule has 1 aliphatic heterocycles. The number of aromatic amines is 1. The molecule has 0 bridgehead atoms. The number of H-pyrrole nitrogens is 1. The minimum absolute atomic E-state index is 0.122. The second-order valence-corrected chi connectivity index (χ2v) is 5.85. The zero-order valence-electron chi connectivity index (χ0n) is 12.2. The molecule has 112 valence electrons. The number of Topliss-reactive ketones (excluding diaryl/α,β-unsaturated/α-hetero) is 1. The van der Waals surface area contributed by atoms with E-state index in [1.807, 2.05) is 6.92 Å². The Balaban J connectivity index is 1.97. The van der Waals surface area contributed by atoms with E-state index in [1.165, 1.54) is 0 Å². The number of halogens is 1. The highest BCUT2D eigenvalue weighted by Crippen LogP contribution is 2.24. The molecule has 2 atom stereocenters. The highest BCUT2D eigenvalue weighted by Gasteiger charge is 2.28. The van der Waals surface area contributed by atoms with Crippen molar-refractivity contribution in [3.8, 4) is 0 Å². The monoisotopic (exact) mass is 298 g/mol. The molecule has 0 saturated carbocycles. The van der Waals surface area contributed by atoms with E-state index in [0.29, 0.717) is 17.1 Å². The smallest absolute Gasteiger partial charge is 0.179 e. The van der Waals surface area contributed by atoms with E-state index >= 15 is 0 Å². The molecular weight excluding hydrogens is 276 g/mol. The van der Waals surface area contributed by atoms with E-state index < -0.39 is 0 Å². The molecule has 20 heavy (non-hydrogen) atoms. The third-order valence-corrected chi connectivity index (χ3v) is 4.19. The lowest BCUT2D eigenvalue weighted by atomic mass is 9.89. The number of nitrogens with one attached hydrogen (secondary N) is 2. The standard InChI is InChI=1S/C15H23ClN2O2/c1-3-6-20-15-9-17-5-4-11(15)7-14(19)13-8-12(16)10(2)18-13/h8,11,15,17-18H,3-7,9H2,1-2H3/t11-,15-/m0/s1. The molecule has 2 N–H and O–H groups in total. The Bertz CT molecular complexity index is 439. The summed E-state index contributed by atoms with van der Waals surface area (Å²) >= 11 is 6.00. The lowest BCUT2D eigenvalue weighted by Crippen LogP contribution is -2.43. The Kier molecular flexibility index (Phi) is 5.64. The molecule has 4 nitrogen and oxygen atoms in total. The number of hydrogen-bond donors (Lipinski definition) is 2. The number of rotatable bonds is 6. The maximum Gasteiger partial charge on any atom is 0.179 e. The molecule has 2 rings (SSSR count). The second-order valence-electron chi connectivity index (χ2n) is 5.45. The zero-order chi connectivity index (χ0) is 14.5. The van der Waals surface area contributed by atoms with Crippen LogP contribution in [0.1, 0.15) is 42.4 Å². The average molecular weight is 299 g/mol. The van der Waals surface area contributed by atoms with Crippen molar-refractivity contribution in [1.29, 1.82) is 0 Å². The lowest BCUT2D eigenvalue weighted by Gasteiger charge is -2.31. The SMILES string of the molecule is CCCO[C@H]1CNCC[C@H]1CC(=O)c1cc(Cl)c(C)[nH]1. The van der Waals surface area contributed by atoms with Crippen LogP contribution in [0.5, 0.6) is 0 Å². The molecule has 5 heteroatoms. The van der Waals surface area contributed by atoms with Crippen molar-refractivity contribution >= 4 is 17.4 Å². The van der Waals surface area contributed by atoms with E-state index in [4.69, 9.17) is 16.3 Å². The number of aryl methyl sites for hydroxylation is 1. The summed E-state index contributed by atoms with van der Waals surface area (Å²) in [5.74, 6) is 0.412. The summed E-state index contributed by atoms with van der Waals surface area (Å²) in [7, 11) is 0. The van der Waals surface area contributed by atoms with Crippen LogP contribution in [0.2, 0.25) is 5.02 Å². The number of carbonyl (C=O) groups excluding carboxylic acids is 1. The predicted octanol–water partition coefficient (Wildman–Crippen LogP) is 2.95. The van der Waals surface area contributed by atoms with Gasteiger partial charge in [-0.3, -0.25) is 4.79 Å². The Morgan fingerprint density at radius 2 is 2.35 bits per heavy atom. The van der Waals surface area contributed by atoms with Crippen LogP contribution >= 0.6 is 11.6 Å². The Hall–Kier alpha value is -0.840. The fourth-order valence-corrected chi connectivity index (χ4v) is 2.77. The van der Waals surface area contributed by atoms with Crippen molar-refractivity contribution in [2.45, 2.75) is 39.2 Å². The number of ketones is 1. The molecular formula is C15H23ClN2O2. The van der Waals surface area contributed by atoms with Crippen molar-refractivity contribution in [1.82, 2.24) is 10.3 Å². The first-order valence-electron chi connectivity index (χ1n) is 7.32. The molecule has 0 aliphatic carbocycles. The van der Waals surface area contributed by atoms with Gasteiger partial charge >= 0.3 is 0 Å². The van der Waals surface area contributed by atoms with Gasteiger partial charge in [-0.1, -0.05) is 18.5 Å². The van der Waals surface area contributed by atoms with Gasteiger partial charge in [0.05, 0.1) is 16.8 Å². The van der Waals surface area contributed by atoms with Crippen LogP contribution in [0.4, 0.5) is 0 Å². The van der Waals surface area contributed by atoms with Crippen molar-refractivity contribution in [2.75, 3.05) is 19.7 Å². The maximum absolute atomic E-state index is 12.3. The van der Waals surface area contributed by atoms with Gasteiger partial charge < -0.3 is 15.0 Å². The van der Waals surface area contributed by atoms with Gasteiger partial charge in [0.2, 0.25) is 0 Å².